The van der Waals surface area contributed by atoms with Crippen molar-refractivity contribution in [3.8, 4) is 0 Å². The Bertz CT molecular complexity index is 1040. The van der Waals surface area contributed by atoms with Gasteiger partial charge in [0.1, 0.15) is 5.76 Å². The zero-order chi connectivity index (χ0) is 22.3. The van der Waals surface area contributed by atoms with Crippen LogP contribution < -0.4 is 5.32 Å². The van der Waals surface area contributed by atoms with E-state index in [1.807, 2.05) is 44.2 Å². The average molecular weight is 452 g/mol. The van der Waals surface area contributed by atoms with Crippen LogP contribution in [-0.4, -0.2) is 42.3 Å². The van der Waals surface area contributed by atoms with E-state index in [0.29, 0.717) is 17.9 Å². The second-order valence-corrected chi connectivity index (χ2v) is 8.94. The molecule has 0 unspecified atom stereocenters. The first-order valence-corrected chi connectivity index (χ1v) is 11.9. The third-order valence-corrected chi connectivity index (χ3v) is 6.84. The fourth-order valence-electron chi connectivity index (χ4n) is 3.79. The molecule has 1 amide bonds. The van der Waals surface area contributed by atoms with E-state index in [1.165, 1.54) is 5.56 Å². The van der Waals surface area contributed by atoms with Gasteiger partial charge in [0.25, 0.3) is 5.91 Å². The summed E-state index contributed by atoms with van der Waals surface area (Å²) in [6, 6.07) is 16.1. The molecule has 168 valence electrons. The van der Waals surface area contributed by atoms with Gasteiger partial charge in [-0.1, -0.05) is 41.6 Å². The van der Waals surface area contributed by atoms with Gasteiger partial charge >= 0.3 is 0 Å². The summed E-state index contributed by atoms with van der Waals surface area (Å²) in [5.41, 5.74) is 5.06. The van der Waals surface area contributed by atoms with Crippen molar-refractivity contribution in [1.82, 2.24) is 15.4 Å². The summed E-state index contributed by atoms with van der Waals surface area (Å²) in [5.74, 6) is 1.48. The molecule has 4 rings (SSSR count). The topological polar surface area (TPSA) is 67.6 Å². The molecule has 6 nitrogen and oxygen atoms in total. The van der Waals surface area contributed by atoms with Gasteiger partial charge in [-0.15, -0.1) is 11.8 Å². The molecule has 0 atom stereocenters. The third-order valence-electron chi connectivity index (χ3n) is 5.74. The van der Waals surface area contributed by atoms with E-state index >= 15 is 0 Å². The Balaban J connectivity index is 1.41. The van der Waals surface area contributed by atoms with Gasteiger partial charge in [-0.25, -0.2) is 0 Å². The fraction of sp³-hybridized carbons (Fsp3) is 0.360. The normalized spacial score (nSPS) is 14.4. The van der Waals surface area contributed by atoms with Crippen LogP contribution in [0.4, 0.5) is 0 Å². The lowest BCUT2D eigenvalue weighted by atomic mass is 10.1. The van der Waals surface area contributed by atoms with Gasteiger partial charge in [0, 0.05) is 42.4 Å². The minimum Gasteiger partial charge on any atom is -0.379 e. The van der Waals surface area contributed by atoms with Gasteiger partial charge in [0.05, 0.1) is 24.5 Å². The fourth-order valence-corrected chi connectivity index (χ4v) is 5.00. The number of amides is 1. The van der Waals surface area contributed by atoms with Crippen LogP contribution in [0.2, 0.25) is 0 Å². The number of nitrogens with one attached hydrogen (secondary N) is 1. The van der Waals surface area contributed by atoms with E-state index in [2.05, 4.69) is 33.6 Å². The van der Waals surface area contributed by atoms with Crippen molar-refractivity contribution >= 4 is 17.7 Å². The summed E-state index contributed by atoms with van der Waals surface area (Å²) in [6.07, 6.45) is 0. The van der Waals surface area contributed by atoms with Crippen molar-refractivity contribution < 1.29 is 14.1 Å². The molecule has 0 spiro atoms. The number of aryl methyl sites for hydroxylation is 2. The quantitative estimate of drug-likeness (QED) is 0.514. The van der Waals surface area contributed by atoms with Gasteiger partial charge in [-0.2, -0.15) is 0 Å². The maximum Gasteiger partial charge on any atom is 0.252 e. The Hall–Kier alpha value is -2.61. The molecule has 0 aliphatic carbocycles. The van der Waals surface area contributed by atoms with Crippen LogP contribution in [0, 0.1) is 13.8 Å². The Labute approximate surface area is 193 Å². The van der Waals surface area contributed by atoms with Gasteiger partial charge in [0.2, 0.25) is 0 Å². The number of carbonyl (C=O) groups is 1. The number of benzene rings is 2. The summed E-state index contributed by atoms with van der Waals surface area (Å²) in [4.78, 5) is 16.4. The van der Waals surface area contributed by atoms with E-state index < -0.39 is 0 Å². The number of aromatic nitrogens is 1. The second-order valence-electron chi connectivity index (χ2n) is 7.93. The van der Waals surface area contributed by atoms with Gasteiger partial charge < -0.3 is 14.6 Å². The van der Waals surface area contributed by atoms with Crippen LogP contribution in [0.1, 0.15) is 38.5 Å². The monoisotopic (exact) mass is 451 g/mol. The Kier molecular flexibility index (Phi) is 7.63. The summed E-state index contributed by atoms with van der Waals surface area (Å²) in [5, 5.41) is 7.14. The first-order valence-electron chi connectivity index (χ1n) is 10.9. The van der Waals surface area contributed by atoms with Gasteiger partial charge in [-0.05, 0) is 37.1 Å². The number of nitrogens with zero attached hydrogens (tertiary/aromatic N) is 2. The second kappa shape index (κ2) is 10.8. The molecule has 1 aromatic heterocycles. The third kappa shape index (κ3) is 5.59. The lowest BCUT2D eigenvalue weighted by Gasteiger charge is -2.27. The predicted molar refractivity (Wildman–Crippen MR) is 126 cm³/mol. The van der Waals surface area contributed by atoms with Crippen LogP contribution in [0.25, 0.3) is 0 Å². The number of hydrogen-bond acceptors (Lipinski definition) is 6. The van der Waals surface area contributed by atoms with E-state index in [4.69, 9.17) is 9.26 Å². The average Bonchev–Trinajstić information content (AvgIpc) is 3.15. The van der Waals surface area contributed by atoms with Gasteiger partial charge in [-0.3, -0.25) is 9.69 Å². The molecule has 3 aromatic rings. The predicted octanol–water partition coefficient (Wildman–Crippen LogP) is 4.35. The lowest BCUT2D eigenvalue weighted by molar-refractivity contribution is 0.0340. The van der Waals surface area contributed by atoms with Crippen LogP contribution in [0.5, 0.6) is 0 Å². The first kappa shape index (κ1) is 22.6. The molecule has 1 saturated heterocycles. The SMILES string of the molecule is Cc1noc(C)c1CSc1ccccc1C(=O)NCc1ccccc1CN1CCOCC1. The van der Waals surface area contributed by atoms with Crippen LogP contribution in [0.15, 0.2) is 57.9 Å². The molecular weight excluding hydrogens is 422 g/mol. The van der Waals surface area contributed by atoms with E-state index in [0.717, 1.165) is 60.3 Å². The van der Waals surface area contributed by atoms with Gasteiger partial charge in [0.15, 0.2) is 0 Å². The van der Waals surface area contributed by atoms with Crippen molar-refractivity contribution in [2.24, 2.45) is 0 Å². The zero-order valence-corrected chi connectivity index (χ0v) is 19.4. The molecular formula is C25H29N3O3S. The summed E-state index contributed by atoms with van der Waals surface area (Å²) in [7, 11) is 0. The van der Waals surface area contributed by atoms with Crippen LogP contribution in [0.3, 0.4) is 0 Å². The standard InChI is InChI=1S/C25H29N3O3S/c1-18-23(19(2)31-27-18)17-32-24-10-6-5-9-22(24)25(29)26-15-20-7-3-4-8-21(20)16-28-11-13-30-14-12-28/h3-10H,11-17H2,1-2H3,(H,26,29). The van der Waals surface area contributed by atoms with Crippen molar-refractivity contribution in [2.75, 3.05) is 26.3 Å². The molecule has 7 heteroatoms. The molecule has 0 saturated carbocycles. The number of hydrogen-bond donors (Lipinski definition) is 1. The maximum atomic E-state index is 13.1. The molecule has 2 aromatic carbocycles. The smallest absolute Gasteiger partial charge is 0.252 e. The molecule has 2 heterocycles. The molecule has 1 N–H and O–H groups in total. The number of ether oxygens (including phenoxy) is 1. The van der Waals surface area contributed by atoms with Crippen molar-refractivity contribution in [3.05, 3.63) is 82.2 Å². The Morgan fingerprint density at radius 1 is 1.06 bits per heavy atom. The highest BCUT2D eigenvalue weighted by Crippen LogP contribution is 2.29. The highest BCUT2D eigenvalue weighted by molar-refractivity contribution is 7.98. The summed E-state index contributed by atoms with van der Waals surface area (Å²) >= 11 is 1.63. The number of carbonyl (C=O) groups excluding carboxylic acids is 1. The Morgan fingerprint density at radius 2 is 1.78 bits per heavy atom. The van der Waals surface area contributed by atoms with E-state index in [9.17, 15) is 4.79 Å². The van der Waals surface area contributed by atoms with E-state index in [1.54, 1.807) is 11.8 Å². The van der Waals surface area contributed by atoms with Crippen molar-refractivity contribution in [3.63, 3.8) is 0 Å². The van der Waals surface area contributed by atoms with E-state index in [-0.39, 0.29) is 5.91 Å². The number of thioether (sulfide) groups is 1. The minimum absolute atomic E-state index is 0.0620. The number of morpholine rings is 1. The summed E-state index contributed by atoms with van der Waals surface area (Å²) < 4.78 is 10.7. The highest BCUT2D eigenvalue weighted by atomic mass is 32.2. The first-order chi connectivity index (χ1) is 15.6. The maximum absolute atomic E-state index is 13.1. The largest absolute Gasteiger partial charge is 0.379 e. The molecule has 1 aliphatic heterocycles. The minimum atomic E-state index is -0.0620. The number of rotatable bonds is 8. The summed E-state index contributed by atoms with van der Waals surface area (Å²) in [6.45, 7) is 8.68. The molecule has 32 heavy (non-hydrogen) atoms. The highest BCUT2D eigenvalue weighted by Gasteiger charge is 2.16. The zero-order valence-electron chi connectivity index (χ0n) is 18.6. The molecule has 1 fully saturated rings. The van der Waals surface area contributed by atoms with Crippen LogP contribution >= 0.6 is 11.8 Å². The molecule has 1 aliphatic rings. The van der Waals surface area contributed by atoms with Crippen molar-refractivity contribution in [2.45, 2.75) is 37.6 Å². The lowest BCUT2D eigenvalue weighted by Crippen LogP contribution is -2.36. The Morgan fingerprint density at radius 3 is 2.53 bits per heavy atom. The van der Waals surface area contributed by atoms with Crippen molar-refractivity contribution in [1.29, 1.82) is 0 Å². The molecule has 0 radical (unpaired) electrons. The molecule has 0 bridgehead atoms. The van der Waals surface area contributed by atoms with Crippen LogP contribution in [-0.2, 0) is 23.6 Å².